The van der Waals surface area contributed by atoms with Crippen molar-refractivity contribution in [2.24, 2.45) is 14.1 Å². The number of hydrogen-bond acceptors (Lipinski definition) is 5. The fourth-order valence-corrected chi connectivity index (χ4v) is 3.87. The molecular weight excluding hydrogens is 424 g/mol. The first-order valence-corrected chi connectivity index (χ1v) is 10.3. The lowest BCUT2D eigenvalue weighted by atomic mass is 10.0. The van der Waals surface area contributed by atoms with E-state index in [1.807, 2.05) is 30.3 Å². The zero-order chi connectivity index (χ0) is 23.7. The number of rotatable bonds is 6. The molecule has 1 unspecified atom stereocenters. The first kappa shape index (κ1) is 21.9. The number of nitrogens with zero attached hydrogens (tertiary/aromatic N) is 3. The van der Waals surface area contributed by atoms with Gasteiger partial charge in [0.2, 0.25) is 5.91 Å². The molecule has 4 rings (SSSR count). The van der Waals surface area contributed by atoms with Crippen molar-refractivity contribution in [1.82, 2.24) is 19.4 Å². The summed E-state index contributed by atoms with van der Waals surface area (Å²) in [7, 11) is 2.86. The molecule has 9 nitrogen and oxygen atoms in total. The van der Waals surface area contributed by atoms with E-state index in [0.29, 0.717) is 5.69 Å². The fourth-order valence-electron chi connectivity index (χ4n) is 3.87. The minimum absolute atomic E-state index is 0.116. The van der Waals surface area contributed by atoms with Gasteiger partial charge >= 0.3 is 5.69 Å². The Morgan fingerprint density at radius 3 is 2.03 bits per heavy atom. The fraction of sp³-hybridized carbons (Fsp3) is 0.208. The maximum Gasteiger partial charge on any atom is 0.330 e. The molecule has 9 heteroatoms. The molecule has 1 aromatic heterocycles. The van der Waals surface area contributed by atoms with Crippen LogP contribution in [0, 0.1) is 0 Å². The number of hydrogen-bond donors (Lipinski definition) is 1. The molecule has 33 heavy (non-hydrogen) atoms. The van der Waals surface area contributed by atoms with Gasteiger partial charge in [0.1, 0.15) is 6.04 Å². The number of aromatic nitrogens is 2. The number of carbonyl (C=O) groups is 3. The van der Waals surface area contributed by atoms with E-state index in [-0.39, 0.29) is 24.1 Å². The van der Waals surface area contributed by atoms with E-state index in [9.17, 15) is 24.0 Å². The summed E-state index contributed by atoms with van der Waals surface area (Å²) in [4.78, 5) is 64.5. The van der Waals surface area contributed by atoms with Crippen LogP contribution >= 0.6 is 0 Å². The first-order valence-electron chi connectivity index (χ1n) is 10.3. The molecule has 0 spiro atoms. The van der Waals surface area contributed by atoms with Gasteiger partial charge < -0.3 is 5.32 Å². The third kappa shape index (κ3) is 4.00. The van der Waals surface area contributed by atoms with E-state index in [1.165, 1.54) is 24.7 Å². The minimum atomic E-state index is -1.11. The molecule has 1 atom stereocenters. The second-order valence-corrected chi connectivity index (χ2v) is 7.82. The topological polar surface area (TPSA) is 110 Å². The van der Waals surface area contributed by atoms with Crippen molar-refractivity contribution in [2.75, 3.05) is 0 Å². The lowest BCUT2D eigenvalue weighted by Gasteiger charge is -2.25. The Labute approximate surface area is 188 Å². The summed E-state index contributed by atoms with van der Waals surface area (Å²) in [5, 5.41) is 2.69. The Bertz CT molecular complexity index is 1340. The quantitative estimate of drug-likeness (QED) is 0.558. The van der Waals surface area contributed by atoms with Crippen molar-refractivity contribution in [3.63, 3.8) is 0 Å². The smallest absolute Gasteiger partial charge is 0.330 e. The second-order valence-electron chi connectivity index (χ2n) is 7.82. The lowest BCUT2D eigenvalue weighted by molar-refractivity contribution is -0.125. The summed E-state index contributed by atoms with van der Waals surface area (Å²) in [5.74, 6) is -1.64. The molecule has 0 saturated heterocycles. The van der Waals surface area contributed by atoms with Crippen LogP contribution in [-0.4, -0.2) is 37.8 Å². The normalized spacial score (nSPS) is 13.7. The van der Waals surface area contributed by atoms with Crippen molar-refractivity contribution in [1.29, 1.82) is 0 Å². The van der Waals surface area contributed by atoms with Crippen molar-refractivity contribution >= 4 is 17.7 Å². The van der Waals surface area contributed by atoms with E-state index in [1.54, 1.807) is 24.3 Å². The first-order chi connectivity index (χ1) is 15.8. The van der Waals surface area contributed by atoms with E-state index in [2.05, 4.69) is 5.32 Å². The predicted molar refractivity (Wildman–Crippen MR) is 120 cm³/mol. The molecule has 168 valence electrons. The van der Waals surface area contributed by atoms with Crippen molar-refractivity contribution in [3.05, 3.63) is 104 Å². The second kappa shape index (κ2) is 8.70. The van der Waals surface area contributed by atoms with Crippen molar-refractivity contribution < 1.29 is 14.4 Å². The Hall–Kier alpha value is -4.27. The zero-order valence-electron chi connectivity index (χ0n) is 18.1. The lowest BCUT2D eigenvalue weighted by Crippen LogP contribution is -2.51. The van der Waals surface area contributed by atoms with Crippen LogP contribution in [0.3, 0.4) is 0 Å². The van der Waals surface area contributed by atoms with Crippen LogP contribution in [0.15, 0.2) is 70.3 Å². The van der Waals surface area contributed by atoms with Crippen molar-refractivity contribution in [2.45, 2.75) is 19.0 Å². The van der Waals surface area contributed by atoms with Gasteiger partial charge in [-0.25, -0.2) is 4.79 Å². The largest absolute Gasteiger partial charge is 0.349 e. The number of carbonyl (C=O) groups excluding carboxylic acids is 3. The third-order valence-electron chi connectivity index (χ3n) is 5.78. The third-order valence-corrected chi connectivity index (χ3v) is 5.78. The Morgan fingerprint density at radius 1 is 0.848 bits per heavy atom. The highest BCUT2D eigenvalue weighted by Crippen LogP contribution is 2.26. The number of imide groups is 1. The van der Waals surface area contributed by atoms with Crippen LogP contribution in [0.1, 0.15) is 32.0 Å². The monoisotopic (exact) mass is 446 g/mol. The molecule has 0 bridgehead atoms. The molecular formula is C24H22N4O5. The highest BCUT2D eigenvalue weighted by Gasteiger charge is 2.42. The van der Waals surface area contributed by atoms with Gasteiger partial charge in [0.25, 0.3) is 17.4 Å². The SMILES string of the molecule is Cn1c(CNC(=O)C(Cc2ccccc2)N2C(=O)c3ccccc3C2=O)cc(=O)n(C)c1=O. The molecule has 2 heterocycles. The summed E-state index contributed by atoms with van der Waals surface area (Å²) < 4.78 is 2.22. The summed E-state index contributed by atoms with van der Waals surface area (Å²) in [6.07, 6.45) is 0.119. The number of fused-ring (bicyclic) bond motifs is 1. The summed E-state index contributed by atoms with van der Waals surface area (Å²) in [6, 6.07) is 15.7. The average Bonchev–Trinajstić information content (AvgIpc) is 3.08. The van der Waals surface area contributed by atoms with E-state index in [4.69, 9.17) is 0 Å². The van der Waals surface area contributed by atoms with Gasteiger partial charge in [-0.3, -0.25) is 33.2 Å². The molecule has 0 radical (unpaired) electrons. The molecule has 3 amide bonds. The molecule has 0 aliphatic carbocycles. The summed E-state index contributed by atoms with van der Waals surface area (Å²) in [5.41, 5.74) is 0.563. The van der Waals surface area contributed by atoms with Gasteiger partial charge in [0, 0.05) is 32.3 Å². The van der Waals surface area contributed by atoms with Gasteiger partial charge in [-0.05, 0) is 17.7 Å². The standard InChI is InChI=1S/C24H22N4O5/c1-26-16(13-20(29)27(2)24(26)33)14-25-21(30)19(12-15-8-4-3-5-9-15)28-22(31)17-10-6-7-11-18(17)23(28)32/h3-11,13,19H,12,14H2,1-2H3,(H,25,30). The summed E-state index contributed by atoms with van der Waals surface area (Å²) in [6.45, 7) is -0.116. The molecule has 0 fully saturated rings. The van der Waals surface area contributed by atoms with Crippen LogP contribution in [0.25, 0.3) is 0 Å². The molecule has 0 saturated carbocycles. The molecule has 1 aliphatic rings. The van der Waals surface area contributed by atoms with Crippen molar-refractivity contribution in [3.8, 4) is 0 Å². The Balaban J connectivity index is 1.64. The molecule has 2 aromatic carbocycles. The minimum Gasteiger partial charge on any atom is -0.349 e. The average molecular weight is 446 g/mol. The van der Waals surface area contributed by atoms with Gasteiger partial charge in [-0.1, -0.05) is 42.5 Å². The van der Waals surface area contributed by atoms with Gasteiger partial charge in [-0.15, -0.1) is 0 Å². The predicted octanol–water partition coefficient (Wildman–Crippen LogP) is 0.608. The van der Waals surface area contributed by atoms with Gasteiger partial charge in [-0.2, -0.15) is 0 Å². The molecule has 1 aliphatic heterocycles. The number of benzene rings is 2. The van der Waals surface area contributed by atoms with Gasteiger partial charge in [0.05, 0.1) is 17.7 Å². The van der Waals surface area contributed by atoms with Crippen LogP contribution < -0.4 is 16.6 Å². The van der Waals surface area contributed by atoms with Crippen LogP contribution in [0.4, 0.5) is 0 Å². The van der Waals surface area contributed by atoms with E-state index in [0.717, 1.165) is 15.0 Å². The van der Waals surface area contributed by atoms with Gasteiger partial charge in [0.15, 0.2) is 0 Å². The molecule has 1 N–H and O–H groups in total. The van der Waals surface area contributed by atoms with Crippen LogP contribution in [0.2, 0.25) is 0 Å². The van der Waals surface area contributed by atoms with E-state index < -0.39 is 35.0 Å². The summed E-state index contributed by atoms with van der Waals surface area (Å²) >= 11 is 0. The van der Waals surface area contributed by atoms with Crippen LogP contribution in [0.5, 0.6) is 0 Å². The number of nitrogens with one attached hydrogen (secondary N) is 1. The van der Waals surface area contributed by atoms with E-state index >= 15 is 0 Å². The highest BCUT2D eigenvalue weighted by atomic mass is 16.2. The Kier molecular flexibility index (Phi) is 5.78. The Morgan fingerprint density at radius 2 is 1.42 bits per heavy atom. The highest BCUT2D eigenvalue weighted by molar-refractivity contribution is 6.22. The zero-order valence-corrected chi connectivity index (χ0v) is 18.1. The maximum absolute atomic E-state index is 13.3. The molecule has 3 aromatic rings. The maximum atomic E-state index is 13.3. The number of amides is 3. The van der Waals surface area contributed by atoms with Crippen LogP contribution in [-0.2, 0) is 31.9 Å².